The van der Waals surface area contributed by atoms with Gasteiger partial charge in [-0.05, 0) is 42.8 Å². The predicted octanol–water partition coefficient (Wildman–Crippen LogP) is 3.05. The van der Waals surface area contributed by atoms with Crippen molar-refractivity contribution in [3.8, 4) is 5.75 Å². The molecule has 0 aliphatic carbocycles. The number of anilines is 1. The van der Waals surface area contributed by atoms with Crippen LogP contribution in [0.3, 0.4) is 0 Å². The number of nitrogens with zero attached hydrogens (tertiary/aromatic N) is 1. The van der Waals surface area contributed by atoms with E-state index in [-0.39, 0.29) is 12.0 Å². The highest BCUT2D eigenvalue weighted by Gasteiger charge is 2.23. The molecule has 3 rings (SSSR count). The van der Waals surface area contributed by atoms with E-state index >= 15 is 0 Å². The molecule has 0 bridgehead atoms. The van der Waals surface area contributed by atoms with Gasteiger partial charge in [-0.15, -0.1) is 0 Å². The Morgan fingerprint density at radius 3 is 2.64 bits per heavy atom. The van der Waals surface area contributed by atoms with Gasteiger partial charge in [0.1, 0.15) is 18.5 Å². The summed E-state index contributed by atoms with van der Waals surface area (Å²) in [6.07, 6.45) is 0.227. The largest absolute Gasteiger partial charge is 0.491 e. The third-order valence-electron chi connectivity index (χ3n) is 3.70. The van der Waals surface area contributed by atoms with Crippen molar-refractivity contribution in [1.82, 2.24) is 0 Å². The molecule has 1 atom stereocenters. The fraction of sp³-hybridized carbons (Fsp3) is 0.278. The third kappa shape index (κ3) is 3.28. The van der Waals surface area contributed by atoms with Gasteiger partial charge in [0.25, 0.3) is 5.91 Å². The normalized spacial score (nSPS) is 16.2. The van der Waals surface area contributed by atoms with E-state index < -0.39 is 0 Å². The van der Waals surface area contributed by atoms with E-state index in [1.807, 2.05) is 49.4 Å². The number of hydrogen-bond donors (Lipinski definition) is 0. The Hall–Kier alpha value is -2.33. The molecule has 0 spiro atoms. The molecule has 2 aromatic rings. The molecular formula is C18H19NO3. The van der Waals surface area contributed by atoms with E-state index in [2.05, 4.69) is 0 Å². The number of amides is 1. The number of ether oxygens (including phenoxy) is 2. The minimum Gasteiger partial charge on any atom is -0.491 e. The van der Waals surface area contributed by atoms with Gasteiger partial charge in [-0.2, -0.15) is 0 Å². The Morgan fingerprint density at radius 2 is 2.00 bits per heavy atom. The second-order valence-electron chi connectivity index (χ2n) is 5.45. The maximum Gasteiger partial charge on any atom is 0.258 e. The highest BCUT2D eigenvalue weighted by molar-refractivity contribution is 6.05. The van der Waals surface area contributed by atoms with Crippen molar-refractivity contribution < 1.29 is 14.3 Å². The van der Waals surface area contributed by atoms with Gasteiger partial charge in [-0.3, -0.25) is 4.79 Å². The molecule has 4 nitrogen and oxygen atoms in total. The average molecular weight is 297 g/mol. The van der Waals surface area contributed by atoms with E-state index in [9.17, 15) is 4.79 Å². The molecule has 0 saturated carbocycles. The summed E-state index contributed by atoms with van der Waals surface area (Å²) in [6.45, 7) is 3.29. The lowest BCUT2D eigenvalue weighted by atomic mass is 10.1. The minimum absolute atomic E-state index is 0.0358. The summed E-state index contributed by atoms with van der Waals surface area (Å²) in [5, 5.41) is 0. The number of carbonyl (C=O) groups is 1. The van der Waals surface area contributed by atoms with Crippen LogP contribution in [-0.2, 0) is 4.74 Å². The first kappa shape index (κ1) is 14.6. The van der Waals surface area contributed by atoms with Gasteiger partial charge in [0.05, 0.1) is 6.61 Å². The van der Waals surface area contributed by atoms with E-state index in [4.69, 9.17) is 9.47 Å². The van der Waals surface area contributed by atoms with Crippen LogP contribution in [0.15, 0.2) is 48.5 Å². The summed E-state index contributed by atoms with van der Waals surface area (Å²) >= 11 is 0. The van der Waals surface area contributed by atoms with E-state index in [0.717, 1.165) is 23.6 Å². The molecule has 1 aliphatic heterocycles. The van der Waals surface area contributed by atoms with Crippen LogP contribution in [0, 0.1) is 6.92 Å². The van der Waals surface area contributed by atoms with Gasteiger partial charge in [0.2, 0.25) is 0 Å². The Bertz CT molecular complexity index is 665. The topological polar surface area (TPSA) is 42.1 Å². The summed E-state index contributed by atoms with van der Waals surface area (Å²) in [5.41, 5.74) is 2.48. The minimum atomic E-state index is -0.0358. The molecule has 2 aromatic carbocycles. The zero-order valence-corrected chi connectivity index (χ0v) is 12.8. The number of rotatable bonds is 5. The van der Waals surface area contributed by atoms with Crippen LogP contribution in [0.2, 0.25) is 0 Å². The number of benzene rings is 2. The summed E-state index contributed by atoms with van der Waals surface area (Å²) in [7, 11) is 1.78. The van der Waals surface area contributed by atoms with Gasteiger partial charge in [-0.1, -0.05) is 18.2 Å². The first-order valence-corrected chi connectivity index (χ1v) is 7.33. The number of aryl methyl sites for hydroxylation is 1. The van der Waals surface area contributed by atoms with Crippen molar-refractivity contribution in [2.24, 2.45) is 0 Å². The first-order chi connectivity index (χ1) is 10.6. The van der Waals surface area contributed by atoms with Crippen molar-refractivity contribution in [2.45, 2.75) is 13.0 Å². The van der Waals surface area contributed by atoms with Crippen LogP contribution in [0.5, 0.6) is 5.75 Å². The summed E-state index contributed by atoms with van der Waals surface area (Å²) in [5.74, 6) is 0.765. The maximum atomic E-state index is 12.5. The standard InChI is InChI=1S/C18H19NO3/c1-13-10-14(8-9-17(13)22-12-16-11-21-16)18(20)19(2)15-6-4-3-5-7-15/h3-10,16H,11-12H2,1-2H3. The van der Waals surface area contributed by atoms with Crippen LogP contribution >= 0.6 is 0 Å². The maximum absolute atomic E-state index is 12.5. The molecule has 22 heavy (non-hydrogen) atoms. The van der Waals surface area contributed by atoms with E-state index in [1.54, 1.807) is 18.0 Å². The van der Waals surface area contributed by atoms with Crippen molar-refractivity contribution in [1.29, 1.82) is 0 Å². The van der Waals surface area contributed by atoms with Gasteiger partial charge < -0.3 is 14.4 Å². The molecule has 1 fully saturated rings. The highest BCUT2D eigenvalue weighted by Crippen LogP contribution is 2.23. The number of hydrogen-bond acceptors (Lipinski definition) is 3. The second kappa shape index (κ2) is 6.20. The number of para-hydroxylation sites is 1. The quantitative estimate of drug-likeness (QED) is 0.797. The molecule has 1 heterocycles. The Balaban J connectivity index is 1.73. The lowest BCUT2D eigenvalue weighted by Crippen LogP contribution is -2.26. The van der Waals surface area contributed by atoms with Gasteiger partial charge in [0.15, 0.2) is 0 Å². The molecular weight excluding hydrogens is 278 g/mol. The molecule has 1 aliphatic rings. The molecule has 1 unspecified atom stereocenters. The van der Waals surface area contributed by atoms with Crippen molar-refractivity contribution in [2.75, 3.05) is 25.2 Å². The van der Waals surface area contributed by atoms with E-state index in [1.165, 1.54) is 0 Å². The Morgan fingerprint density at radius 1 is 1.27 bits per heavy atom. The summed E-state index contributed by atoms with van der Waals surface area (Å²) in [4.78, 5) is 14.2. The Kier molecular flexibility index (Phi) is 4.11. The zero-order valence-electron chi connectivity index (χ0n) is 12.8. The number of carbonyl (C=O) groups excluding carboxylic acids is 1. The molecule has 0 aromatic heterocycles. The number of epoxide rings is 1. The van der Waals surface area contributed by atoms with Crippen LogP contribution < -0.4 is 9.64 Å². The van der Waals surface area contributed by atoms with Crippen molar-refractivity contribution in [3.63, 3.8) is 0 Å². The molecule has 0 N–H and O–H groups in total. The summed E-state index contributed by atoms with van der Waals surface area (Å²) in [6, 6.07) is 15.1. The molecule has 0 radical (unpaired) electrons. The van der Waals surface area contributed by atoms with E-state index in [0.29, 0.717) is 12.2 Å². The first-order valence-electron chi connectivity index (χ1n) is 7.33. The fourth-order valence-electron chi connectivity index (χ4n) is 2.25. The highest BCUT2D eigenvalue weighted by atomic mass is 16.6. The van der Waals surface area contributed by atoms with Gasteiger partial charge in [0, 0.05) is 18.3 Å². The van der Waals surface area contributed by atoms with Crippen LogP contribution in [0.1, 0.15) is 15.9 Å². The lowest BCUT2D eigenvalue weighted by Gasteiger charge is -2.18. The zero-order chi connectivity index (χ0) is 15.5. The van der Waals surface area contributed by atoms with Crippen molar-refractivity contribution in [3.05, 3.63) is 59.7 Å². The second-order valence-corrected chi connectivity index (χ2v) is 5.45. The van der Waals surface area contributed by atoms with Crippen LogP contribution in [0.25, 0.3) is 0 Å². The SMILES string of the molecule is Cc1cc(C(=O)N(C)c2ccccc2)ccc1OCC1CO1. The molecule has 4 heteroatoms. The van der Waals surface area contributed by atoms with Gasteiger partial charge in [-0.25, -0.2) is 0 Å². The lowest BCUT2D eigenvalue weighted by molar-refractivity contribution is 0.0993. The van der Waals surface area contributed by atoms with Crippen molar-refractivity contribution >= 4 is 11.6 Å². The average Bonchev–Trinajstić information content (AvgIpc) is 3.37. The smallest absolute Gasteiger partial charge is 0.258 e. The third-order valence-corrected chi connectivity index (χ3v) is 3.70. The molecule has 114 valence electrons. The Labute approximate surface area is 130 Å². The predicted molar refractivity (Wildman–Crippen MR) is 85.6 cm³/mol. The van der Waals surface area contributed by atoms with Crippen LogP contribution in [-0.4, -0.2) is 32.3 Å². The molecule has 1 saturated heterocycles. The fourth-order valence-corrected chi connectivity index (χ4v) is 2.25. The van der Waals surface area contributed by atoms with Gasteiger partial charge >= 0.3 is 0 Å². The summed E-state index contributed by atoms with van der Waals surface area (Å²) < 4.78 is 10.8. The van der Waals surface area contributed by atoms with Crippen LogP contribution in [0.4, 0.5) is 5.69 Å². The molecule has 1 amide bonds. The monoisotopic (exact) mass is 297 g/mol.